The minimum absolute atomic E-state index is 0.319. The fourth-order valence-electron chi connectivity index (χ4n) is 1.89. The van der Waals surface area contributed by atoms with Crippen molar-refractivity contribution in [1.29, 1.82) is 0 Å². The van der Waals surface area contributed by atoms with Crippen LogP contribution in [0.1, 0.15) is 25.7 Å². The van der Waals surface area contributed by atoms with Crippen LogP contribution in [0.4, 0.5) is 0 Å². The van der Waals surface area contributed by atoms with Gasteiger partial charge in [0.25, 0.3) is 0 Å². The number of halogens is 2. The van der Waals surface area contributed by atoms with Crippen molar-refractivity contribution in [2.45, 2.75) is 50.1 Å². The van der Waals surface area contributed by atoms with Crippen molar-refractivity contribution >= 4 is 23.2 Å². The molecule has 0 aliphatic carbocycles. The van der Waals surface area contributed by atoms with Crippen LogP contribution in [0.25, 0.3) is 0 Å². The average Bonchev–Trinajstić information content (AvgIpc) is 3.18. The molecule has 0 N–H and O–H groups in total. The van der Waals surface area contributed by atoms with Crippen LogP contribution in [0.15, 0.2) is 12.2 Å². The highest BCUT2D eigenvalue weighted by Gasteiger charge is 2.37. The second-order valence-corrected chi connectivity index (χ2v) is 4.98. The first-order valence-corrected chi connectivity index (χ1v) is 7.00. The Morgan fingerprint density at radius 1 is 0.750 bits per heavy atom. The Morgan fingerprint density at radius 3 is 1.50 bits per heavy atom. The number of rotatable bonds is 8. The van der Waals surface area contributed by atoms with Crippen molar-refractivity contribution in [1.82, 2.24) is 0 Å². The van der Waals surface area contributed by atoms with E-state index < -0.39 is 0 Å². The molecule has 2 heterocycles. The lowest BCUT2D eigenvalue weighted by atomic mass is 10.1. The second-order valence-electron chi connectivity index (χ2n) is 4.36. The summed E-state index contributed by atoms with van der Waals surface area (Å²) in [7, 11) is 0. The van der Waals surface area contributed by atoms with Crippen molar-refractivity contribution in [3.63, 3.8) is 0 Å². The maximum atomic E-state index is 5.66. The van der Waals surface area contributed by atoms with Gasteiger partial charge in [-0.3, -0.25) is 0 Å². The van der Waals surface area contributed by atoms with E-state index in [1.807, 2.05) is 0 Å². The topological polar surface area (TPSA) is 25.1 Å². The van der Waals surface area contributed by atoms with Gasteiger partial charge in [-0.2, -0.15) is 0 Å². The van der Waals surface area contributed by atoms with Crippen LogP contribution in [0.3, 0.4) is 0 Å². The van der Waals surface area contributed by atoms with Gasteiger partial charge in [0.05, 0.1) is 36.2 Å². The van der Waals surface area contributed by atoms with E-state index in [2.05, 4.69) is 12.2 Å². The molecule has 2 rings (SSSR count). The fourth-order valence-corrected chi connectivity index (χ4v) is 2.44. The maximum Gasteiger partial charge on any atom is 0.0976 e. The van der Waals surface area contributed by atoms with E-state index in [1.165, 1.54) is 0 Å². The monoisotopic (exact) mass is 264 g/mol. The summed E-state index contributed by atoms with van der Waals surface area (Å²) in [5, 5.41) is 0. The quantitative estimate of drug-likeness (QED) is 0.382. The molecule has 4 heteroatoms. The first-order valence-electron chi connectivity index (χ1n) is 5.93. The van der Waals surface area contributed by atoms with Crippen LogP contribution in [-0.2, 0) is 9.47 Å². The third-order valence-corrected chi connectivity index (χ3v) is 3.69. The summed E-state index contributed by atoms with van der Waals surface area (Å²) in [6.07, 6.45) is 10.3. The van der Waals surface area contributed by atoms with E-state index in [1.54, 1.807) is 0 Å². The number of hydrogen-bond donors (Lipinski definition) is 0. The molecule has 0 aromatic rings. The molecule has 16 heavy (non-hydrogen) atoms. The highest BCUT2D eigenvalue weighted by Crippen LogP contribution is 2.28. The molecule has 2 saturated heterocycles. The van der Waals surface area contributed by atoms with Crippen LogP contribution in [-0.4, -0.2) is 36.2 Å². The summed E-state index contributed by atoms with van der Waals surface area (Å²) in [4.78, 5) is 0. The Bertz CT molecular complexity index is 221. The van der Waals surface area contributed by atoms with E-state index in [0.29, 0.717) is 36.2 Å². The predicted octanol–water partition coefficient (Wildman–Crippen LogP) is 3.12. The second kappa shape index (κ2) is 6.25. The summed E-state index contributed by atoms with van der Waals surface area (Å²) in [6, 6.07) is 0. The Labute approximate surface area is 107 Å². The standard InChI is InChI=1S/C12H18Cl2O2/c13-7-11-9(15-11)5-3-1-2-4-6-10-12(8-14)16-10/h1-2,9-12H,3-8H2/b2-1-/t9-,10-,11-,12-/m0/s1. The molecule has 0 radical (unpaired) electrons. The molecule has 92 valence electrons. The Balaban J connectivity index is 1.42. The molecule has 4 atom stereocenters. The lowest BCUT2D eigenvalue weighted by Gasteiger charge is -1.91. The normalized spacial score (nSPS) is 36.9. The van der Waals surface area contributed by atoms with Gasteiger partial charge in [-0.1, -0.05) is 12.2 Å². The lowest BCUT2D eigenvalue weighted by Crippen LogP contribution is -1.94. The predicted molar refractivity (Wildman–Crippen MR) is 66.4 cm³/mol. The molecular formula is C12H18Cl2O2. The van der Waals surface area contributed by atoms with E-state index in [-0.39, 0.29) is 0 Å². The molecule has 0 amide bonds. The molecule has 0 aromatic heterocycles. The third-order valence-electron chi connectivity index (χ3n) is 3.08. The van der Waals surface area contributed by atoms with Crippen LogP contribution in [0, 0.1) is 0 Å². The Kier molecular flexibility index (Phi) is 4.96. The van der Waals surface area contributed by atoms with Crippen molar-refractivity contribution in [3.05, 3.63) is 12.2 Å². The molecule has 2 fully saturated rings. The summed E-state index contributed by atoms with van der Waals surface area (Å²) < 4.78 is 10.7. The zero-order valence-electron chi connectivity index (χ0n) is 9.28. The highest BCUT2D eigenvalue weighted by atomic mass is 35.5. The van der Waals surface area contributed by atoms with E-state index in [9.17, 15) is 0 Å². The third kappa shape index (κ3) is 3.92. The molecule has 0 spiro atoms. The average molecular weight is 265 g/mol. The number of ether oxygens (including phenoxy) is 2. The molecular weight excluding hydrogens is 247 g/mol. The molecule has 0 aromatic carbocycles. The van der Waals surface area contributed by atoms with Gasteiger partial charge in [0.2, 0.25) is 0 Å². The number of allylic oxidation sites excluding steroid dienone is 2. The first-order chi connectivity index (χ1) is 7.85. The molecule has 2 aliphatic heterocycles. The first kappa shape index (κ1) is 12.7. The number of hydrogen-bond acceptors (Lipinski definition) is 2. The molecule has 0 bridgehead atoms. The molecule has 0 unspecified atom stereocenters. The number of alkyl halides is 2. The van der Waals surface area contributed by atoms with Crippen molar-refractivity contribution in [3.8, 4) is 0 Å². The van der Waals surface area contributed by atoms with E-state index in [0.717, 1.165) is 25.7 Å². The SMILES string of the molecule is ClC[C@@H]1O[C@H]1CC/C=C\CC[C@@H]1O[C@H]1CCl. The highest BCUT2D eigenvalue weighted by molar-refractivity contribution is 6.18. The lowest BCUT2D eigenvalue weighted by molar-refractivity contribution is 0.371. The minimum Gasteiger partial charge on any atom is -0.368 e. The van der Waals surface area contributed by atoms with Crippen molar-refractivity contribution < 1.29 is 9.47 Å². The zero-order valence-corrected chi connectivity index (χ0v) is 10.8. The van der Waals surface area contributed by atoms with Gasteiger partial charge in [-0.25, -0.2) is 0 Å². The Morgan fingerprint density at radius 2 is 1.19 bits per heavy atom. The molecule has 2 aliphatic rings. The maximum absolute atomic E-state index is 5.66. The van der Waals surface area contributed by atoms with E-state index in [4.69, 9.17) is 32.7 Å². The van der Waals surface area contributed by atoms with Gasteiger partial charge in [0.15, 0.2) is 0 Å². The van der Waals surface area contributed by atoms with Crippen molar-refractivity contribution in [2.24, 2.45) is 0 Å². The number of epoxide rings is 2. The van der Waals surface area contributed by atoms with Crippen LogP contribution >= 0.6 is 23.2 Å². The largest absolute Gasteiger partial charge is 0.368 e. The van der Waals surface area contributed by atoms with Gasteiger partial charge >= 0.3 is 0 Å². The summed E-state index contributed by atoms with van der Waals surface area (Å²) in [5.74, 6) is 1.26. The fraction of sp³-hybridized carbons (Fsp3) is 0.833. The minimum atomic E-state index is 0.319. The molecule has 0 saturated carbocycles. The smallest absolute Gasteiger partial charge is 0.0976 e. The van der Waals surface area contributed by atoms with Crippen LogP contribution < -0.4 is 0 Å². The van der Waals surface area contributed by atoms with Crippen molar-refractivity contribution in [2.75, 3.05) is 11.8 Å². The van der Waals surface area contributed by atoms with Gasteiger partial charge in [0, 0.05) is 0 Å². The van der Waals surface area contributed by atoms with Gasteiger partial charge in [-0.05, 0) is 25.7 Å². The zero-order chi connectivity index (χ0) is 11.4. The van der Waals surface area contributed by atoms with Gasteiger partial charge in [-0.15, -0.1) is 23.2 Å². The summed E-state index contributed by atoms with van der Waals surface area (Å²) in [6.45, 7) is 0. The van der Waals surface area contributed by atoms with Gasteiger partial charge < -0.3 is 9.47 Å². The molecule has 2 nitrogen and oxygen atoms in total. The van der Waals surface area contributed by atoms with Crippen LogP contribution in [0.2, 0.25) is 0 Å². The summed E-state index contributed by atoms with van der Waals surface area (Å²) in [5.41, 5.74) is 0. The van der Waals surface area contributed by atoms with Gasteiger partial charge in [0.1, 0.15) is 0 Å². The van der Waals surface area contributed by atoms with Crippen LogP contribution in [0.5, 0.6) is 0 Å². The van der Waals surface area contributed by atoms with E-state index >= 15 is 0 Å². The summed E-state index contributed by atoms with van der Waals surface area (Å²) >= 11 is 11.3. The Hall–Kier alpha value is 0.240.